The summed E-state index contributed by atoms with van der Waals surface area (Å²) in [5, 5.41) is 4.07. The fourth-order valence-electron chi connectivity index (χ4n) is 1.59. The molecule has 0 fully saturated rings. The summed E-state index contributed by atoms with van der Waals surface area (Å²) in [6.07, 6.45) is 1.29. The van der Waals surface area contributed by atoms with Crippen LogP contribution in [-0.2, 0) is 23.6 Å². The van der Waals surface area contributed by atoms with Crippen LogP contribution >= 0.6 is 0 Å². The normalized spacial score (nSPS) is 11.5. The van der Waals surface area contributed by atoms with Crippen molar-refractivity contribution in [3.05, 3.63) is 35.8 Å². The predicted octanol–water partition coefficient (Wildman–Crippen LogP) is 0.383. The highest BCUT2D eigenvalue weighted by atomic mass is 32.2. The van der Waals surface area contributed by atoms with E-state index in [0.717, 1.165) is 5.69 Å². The van der Waals surface area contributed by atoms with Crippen LogP contribution in [0, 0.1) is 6.92 Å². The Morgan fingerprint density at radius 1 is 1.42 bits per heavy atom. The molecule has 19 heavy (non-hydrogen) atoms. The predicted molar refractivity (Wildman–Crippen MR) is 70.9 cm³/mol. The van der Waals surface area contributed by atoms with Crippen molar-refractivity contribution in [3.8, 4) is 0 Å². The molecule has 2 heterocycles. The first-order valence-corrected chi connectivity index (χ1v) is 7.09. The molecule has 0 atom stereocenters. The Morgan fingerprint density at radius 2 is 2.16 bits per heavy atom. The number of hydrogen-bond donors (Lipinski definition) is 2. The molecule has 8 heteroatoms. The van der Waals surface area contributed by atoms with E-state index in [1.54, 1.807) is 26.1 Å². The summed E-state index contributed by atoms with van der Waals surface area (Å²) in [6, 6.07) is 4.71. The molecule has 0 radical (unpaired) electrons. The minimum Gasteiger partial charge on any atom is -0.325 e. The number of aromatic nitrogens is 3. The maximum absolute atomic E-state index is 12.1. The van der Waals surface area contributed by atoms with Gasteiger partial charge in [0.05, 0.1) is 11.4 Å². The van der Waals surface area contributed by atoms with E-state index in [9.17, 15) is 8.42 Å². The molecule has 0 spiro atoms. The Morgan fingerprint density at radius 3 is 2.63 bits per heavy atom. The Hall–Kier alpha value is -1.93. The van der Waals surface area contributed by atoms with Crippen LogP contribution in [0.1, 0.15) is 11.4 Å². The van der Waals surface area contributed by atoms with Gasteiger partial charge in [0, 0.05) is 25.9 Å². The Labute approximate surface area is 111 Å². The second-order valence-corrected chi connectivity index (χ2v) is 5.77. The highest BCUT2D eigenvalue weighted by molar-refractivity contribution is 7.92. The van der Waals surface area contributed by atoms with Crippen LogP contribution in [0.2, 0.25) is 0 Å². The van der Waals surface area contributed by atoms with Gasteiger partial charge in [0.25, 0.3) is 10.0 Å². The van der Waals surface area contributed by atoms with Crippen LogP contribution < -0.4 is 10.5 Å². The van der Waals surface area contributed by atoms with Gasteiger partial charge in [0.2, 0.25) is 0 Å². The summed E-state index contributed by atoms with van der Waals surface area (Å²) in [5.74, 6) is 0.403. The number of hydrogen-bond acceptors (Lipinski definition) is 5. The van der Waals surface area contributed by atoms with Gasteiger partial charge >= 0.3 is 0 Å². The van der Waals surface area contributed by atoms with Crippen LogP contribution in [0.5, 0.6) is 0 Å². The molecule has 0 aliphatic rings. The van der Waals surface area contributed by atoms with E-state index >= 15 is 0 Å². The summed E-state index contributed by atoms with van der Waals surface area (Å²) in [5.41, 5.74) is 6.78. The van der Waals surface area contributed by atoms with Gasteiger partial charge < -0.3 is 5.73 Å². The van der Waals surface area contributed by atoms with E-state index in [2.05, 4.69) is 14.8 Å². The Bertz CT molecular complexity index is 676. The summed E-state index contributed by atoms with van der Waals surface area (Å²) in [7, 11) is -1.99. The van der Waals surface area contributed by atoms with Crippen molar-refractivity contribution in [2.24, 2.45) is 12.8 Å². The van der Waals surface area contributed by atoms with Crippen LogP contribution in [-0.4, -0.2) is 23.2 Å². The molecular weight excluding hydrogens is 266 g/mol. The molecule has 102 valence electrons. The lowest BCUT2D eigenvalue weighted by molar-refractivity contribution is 0.599. The average molecular weight is 281 g/mol. The van der Waals surface area contributed by atoms with Crippen LogP contribution in [0.15, 0.2) is 29.3 Å². The molecule has 2 aromatic heterocycles. The van der Waals surface area contributed by atoms with Gasteiger partial charge in [-0.05, 0) is 19.1 Å². The zero-order valence-corrected chi connectivity index (χ0v) is 11.5. The third-order valence-electron chi connectivity index (χ3n) is 2.56. The Kier molecular flexibility index (Phi) is 3.54. The number of sulfonamides is 1. The molecule has 2 aromatic rings. The molecule has 0 saturated heterocycles. The minimum atomic E-state index is -3.66. The zero-order valence-electron chi connectivity index (χ0n) is 10.7. The molecule has 0 saturated carbocycles. The largest absolute Gasteiger partial charge is 0.325 e. The summed E-state index contributed by atoms with van der Waals surface area (Å²) >= 11 is 0. The van der Waals surface area contributed by atoms with Gasteiger partial charge in [-0.1, -0.05) is 0 Å². The monoisotopic (exact) mass is 281 g/mol. The van der Waals surface area contributed by atoms with E-state index in [-0.39, 0.29) is 11.4 Å². The highest BCUT2D eigenvalue weighted by Gasteiger charge is 2.16. The fourth-order valence-corrected chi connectivity index (χ4v) is 2.62. The maximum atomic E-state index is 12.1. The van der Waals surface area contributed by atoms with Crippen LogP contribution in [0.4, 0.5) is 5.82 Å². The summed E-state index contributed by atoms with van der Waals surface area (Å²) in [4.78, 5) is 4.05. The fraction of sp³-hybridized carbons (Fsp3) is 0.273. The molecule has 7 nitrogen and oxygen atoms in total. The van der Waals surface area contributed by atoms with E-state index in [1.165, 1.54) is 16.9 Å². The van der Waals surface area contributed by atoms with Gasteiger partial charge in [0.15, 0.2) is 0 Å². The van der Waals surface area contributed by atoms with Crippen molar-refractivity contribution in [2.45, 2.75) is 18.4 Å². The number of rotatable bonds is 4. The molecule has 2 rings (SSSR count). The van der Waals surface area contributed by atoms with Crippen molar-refractivity contribution in [3.63, 3.8) is 0 Å². The van der Waals surface area contributed by atoms with Gasteiger partial charge in [-0.2, -0.15) is 5.10 Å². The van der Waals surface area contributed by atoms with Gasteiger partial charge in [0.1, 0.15) is 10.7 Å². The molecule has 0 amide bonds. The lowest BCUT2D eigenvalue weighted by Gasteiger charge is -2.07. The van der Waals surface area contributed by atoms with Gasteiger partial charge in [-0.3, -0.25) is 14.4 Å². The molecule has 0 aliphatic heterocycles. The number of anilines is 1. The quantitative estimate of drug-likeness (QED) is 0.843. The van der Waals surface area contributed by atoms with E-state index in [4.69, 9.17) is 5.73 Å². The molecule has 3 N–H and O–H groups in total. The van der Waals surface area contributed by atoms with Crippen molar-refractivity contribution in [2.75, 3.05) is 4.72 Å². The summed E-state index contributed by atoms with van der Waals surface area (Å²) < 4.78 is 28.2. The molecule has 0 aromatic carbocycles. The van der Waals surface area contributed by atoms with E-state index in [1.807, 2.05) is 0 Å². The standard InChI is InChI=1S/C11H15N5O2S/c1-8-5-11(16(2)14-8)15-19(17,18)10-4-3-9(6-12)13-7-10/h3-5,7,15H,6,12H2,1-2H3. The lowest BCUT2D eigenvalue weighted by Crippen LogP contribution is -2.16. The lowest BCUT2D eigenvalue weighted by atomic mass is 10.4. The number of nitrogens with zero attached hydrogens (tertiary/aromatic N) is 3. The van der Waals surface area contributed by atoms with E-state index in [0.29, 0.717) is 11.5 Å². The van der Waals surface area contributed by atoms with Crippen molar-refractivity contribution >= 4 is 15.8 Å². The minimum absolute atomic E-state index is 0.0866. The maximum Gasteiger partial charge on any atom is 0.264 e. The number of pyridine rings is 1. The first kappa shape index (κ1) is 13.5. The molecular formula is C11H15N5O2S. The van der Waals surface area contributed by atoms with E-state index < -0.39 is 10.0 Å². The third kappa shape index (κ3) is 2.91. The molecule has 0 bridgehead atoms. The molecule has 0 unspecified atom stereocenters. The highest BCUT2D eigenvalue weighted by Crippen LogP contribution is 2.15. The number of nitrogens with two attached hydrogens (primary N) is 1. The first-order valence-electron chi connectivity index (χ1n) is 5.61. The summed E-state index contributed by atoms with van der Waals surface area (Å²) in [6.45, 7) is 2.06. The second-order valence-electron chi connectivity index (χ2n) is 4.09. The number of nitrogens with one attached hydrogen (secondary N) is 1. The van der Waals surface area contributed by atoms with Gasteiger partial charge in [-0.25, -0.2) is 8.42 Å². The number of aryl methyl sites for hydroxylation is 2. The van der Waals surface area contributed by atoms with Crippen molar-refractivity contribution in [1.29, 1.82) is 0 Å². The third-order valence-corrected chi connectivity index (χ3v) is 3.90. The molecule has 0 aliphatic carbocycles. The van der Waals surface area contributed by atoms with Crippen molar-refractivity contribution < 1.29 is 8.42 Å². The SMILES string of the molecule is Cc1cc(NS(=O)(=O)c2ccc(CN)nc2)n(C)n1. The van der Waals surface area contributed by atoms with Gasteiger partial charge in [-0.15, -0.1) is 0 Å². The van der Waals surface area contributed by atoms with Crippen molar-refractivity contribution in [1.82, 2.24) is 14.8 Å². The first-order chi connectivity index (χ1) is 8.92. The topological polar surface area (TPSA) is 103 Å². The Balaban J connectivity index is 2.29. The van der Waals surface area contributed by atoms with Crippen LogP contribution in [0.25, 0.3) is 0 Å². The smallest absolute Gasteiger partial charge is 0.264 e. The zero-order chi connectivity index (χ0) is 14.0. The van der Waals surface area contributed by atoms with Crippen LogP contribution in [0.3, 0.4) is 0 Å². The second kappa shape index (κ2) is 4.98. The average Bonchev–Trinajstić information content (AvgIpc) is 2.67.